The number of allylic oxidation sites excluding steroid dienone is 8. The van der Waals surface area contributed by atoms with Gasteiger partial charge in [0.05, 0.1) is 26.4 Å². The van der Waals surface area contributed by atoms with E-state index in [1.807, 2.05) is 0 Å². The van der Waals surface area contributed by atoms with E-state index in [0.29, 0.717) is 13.0 Å². The molecule has 3 unspecified atom stereocenters. The number of aliphatic hydroxyl groups is 2. The minimum absolute atomic E-state index is 0.0407. The SMILES string of the molecule is CCCC/C=C\C/C=C\CCCCCCCC(=O)OC(COCCCCCCCCCCCC/C=C\C/C=C\CCCCC)COP(=O)(O)OCC(O)CO. The number of carbonyl (C=O) groups is 1. The van der Waals surface area contributed by atoms with Gasteiger partial charge in [0.25, 0.3) is 0 Å². The monoisotopic (exact) mass is 799 g/mol. The highest BCUT2D eigenvalue weighted by molar-refractivity contribution is 7.47. The molecule has 0 aliphatic rings. The minimum atomic E-state index is -4.52. The summed E-state index contributed by atoms with van der Waals surface area (Å²) in [5.74, 6) is -0.398. The maximum atomic E-state index is 12.6. The minimum Gasteiger partial charge on any atom is -0.457 e. The Morgan fingerprint density at radius 3 is 1.51 bits per heavy atom. The predicted molar refractivity (Wildman–Crippen MR) is 228 cm³/mol. The lowest BCUT2D eigenvalue weighted by Gasteiger charge is -2.20. The average Bonchev–Trinajstić information content (AvgIpc) is 3.18. The summed E-state index contributed by atoms with van der Waals surface area (Å²) in [5, 5.41) is 18.3. The zero-order valence-electron chi connectivity index (χ0n) is 35.1. The fourth-order valence-corrected chi connectivity index (χ4v) is 6.60. The lowest BCUT2D eigenvalue weighted by Crippen LogP contribution is -2.29. The standard InChI is InChI=1S/C45H83O9P/c1-3-5-7-9-11-13-15-17-19-20-21-22-23-24-26-28-30-32-34-36-38-51-41-44(42-53-55(49,50)52-40-43(47)39-46)54-45(48)37-35-33-31-29-27-25-18-16-14-12-10-8-6-4-2/h10-13,16-19,43-44,46-47H,3-9,14-15,20-42H2,1-2H3,(H,49,50)/b12-10-,13-11-,18-16-,19-17-. The molecule has 0 amide bonds. The highest BCUT2D eigenvalue weighted by Gasteiger charge is 2.26. The Bertz CT molecular complexity index is 997. The number of hydrogen-bond acceptors (Lipinski definition) is 8. The molecule has 0 aliphatic carbocycles. The lowest BCUT2D eigenvalue weighted by atomic mass is 10.1. The van der Waals surface area contributed by atoms with Crippen molar-refractivity contribution >= 4 is 13.8 Å². The second-order valence-electron chi connectivity index (χ2n) is 14.7. The maximum absolute atomic E-state index is 12.6. The van der Waals surface area contributed by atoms with E-state index < -0.39 is 39.2 Å². The molecule has 322 valence electrons. The highest BCUT2D eigenvalue weighted by atomic mass is 31.2. The van der Waals surface area contributed by atoms with Gasteiger partial charge in [0.1, 0.15) is 12.2 Å². The van der Waals surface area contributed by atoms with Gasteiger partial charge in [-0.25, -0.2) is 4.57 Å². The summed E-state index contributed by atoms with van der Waals surface area (Å²) in [6.07, 6.45) is 46.4. The van der Waals surface area contributed by atoms with Crippen LogP contribution < -0.4 is 0 Å². The second kappa shape index (κ2) is 42.0. The number of rotatable bonds is 42. The first kappa shape index (κ1) is 53.4. The molecule has 10 heteroatoms. The van der Waals surface area contributed by atoms with Gasteiger partial charge in [0.15, 0.2) is 0 Å². The predicted octanol–water partition coefficient (Wildman–Crippen LogP) is 12.2. The molecule has 0 spiro atoms. The Morgan fingerprint density at radius 2 is 1.00 bits per heavy atom. The van der Waals surface area contributed by atoms with Gasteiger partial charge in [-0.05, 0) is 70.6 Å². The van der Waals surface area contributed by atoms with Crippen LogP contribution in [0.25, 0.3) is 0 Å². The molecule has 55 heavy (non-hydrogen) atoms. The van der Waals surface area contributed by atoms with Crippen LogP contribution in [0.5, 0.6) is 0 Å². The van der Waals surface area contributed by atoms with Crippen molar-refractivity contribution in [1.29, 1.82) is 0 Å². The van der Waals surface area contributed by atoms with Crippen LogP contribution in [0.15, 0.2) is 48.6 Å². The van der Waals surface area contributed by atoms with Crippen LogP contribution in [0.4, 0.5) is 0 Å². The van der Waals surface area contributed by atoms with Crippen molar-refractivity contribution in [2.45, 2.75) is 199 Å². The van der Waals surface area contributed by atoms with E-state index in [9.17, 15) is 19.4 Å². The van der Waals surface area contributed by atoms with Crippen molar-refractivity contribution in [3.8, 4) is 0 Å². The van der Waals surface area contributed by atoms with Gasteiger partial charge in [0.2, 0.25) is 0 Å². The van der Waals surface area contributed by atoms with Crippen molar-refractivity contribution in [3.05, 3.63) is 48.6 Å². The smallest absolute Gasteiger partial charge is 0.457 e. The van der Waals surface area contributed by atoms with E-state index in [1.165, 1.54) is 89.9 Å². The first-order valence-corrected chi connectivity index (χ1v) is 23.6. The van der Waals surface area contributed by atoms with Crippen molar-refractivity contribution < 1.29 is 43.0 Å². The van der Waals surface area contributed by atoms with Gasteiger partial charge in [-0.1, -0.05) is 159 Å². The quantitative estimate of drug-likeness (QED) is 0.0239. The van der Waals surface area contributed by atoms with Crippen molar-refractivity contribution in [3.63, 3.8) is 0 Å². The zero-order valence-corrected chi connectivity index (χ0v) is 36.0. The maximum Gasteiger partial charge on any atom is 0.472 e. The number of carbonyl (C=O) groups excluding carboxylic acids is 1. The normalized spacial score (nSPS) is 14.5. The molecule has 0 saturated carbocycles. The molecule has 9 nitrogen and oxygen atoms in total. The second-order valence-corrected chi connectivity index (χ2v) is 16.2. The molecule has 0 aliphatic heterocycles. The Hall–Kier alpha value is -1.58. The van der Waals surface area contributed by atoms with E-state index in [2.05, 4.69) is 62.5 Å². The molecule has 0 aromatic rings. The fraction of sp³-hybridized carbons (Fsp3) is 0.800. The summed E-state index contributed by atoms with van der Waals surface area (Å²) >= 11 is 0. The molecular weight excluding hydrogens is 715 g/mol. The van der Waals surface area contributed by atoms with Crippen LogP contribution in [0.3, 0.4) is 0 Å². The third-order valence-corrected chi connectivity index (χ3v) is 10.2. The van der Waals surface area contributed by atoms with E-state index >= 15 is 0 Å². The molecule has 0 rings (SSSR count). The Balaban J connectivity index is 4.15. The third-order valence-electron chi connectivity index (χ3n) is 9.24. The molecule has 0 fully saturated rings. The Morgan fingerprint density at radius 1 is 0.564 bits per heavy atom. The van der Waals surface area contributed by atoms with E-state index in [4.69, 9.17) is 23.6 Å². The molecular formula is C45H83O9P. The summed E-state index contributed by atoms with van der Waals surface area (Å²) in [6, 6.07) is 0. The van der Waals surface area contributed by atoms with Crippen LogP contribution in [0.2, 0.25) is 0 Å². The number of phosphoric acid groups is 1. The number of hydrogen-bond donors (Lipinski definition) is 3. The van der Waals surface area contributed by atoms with Crippen LogP contribution >= 0.6 is 7.82 Å². The molecule has 3 atom stereocenters. The van der Waals surface area contributed by atoms with Crippen molar-refractivity contribution in [2.24, 2.45) is 0 Å². The number of aliphatic hydroxyl groups excluding tert-OH is 2. The molecule has 0 saturated heterocycles. The molecule has 3 N–H and O–H groups in total. The summed E-state index contributed by atoms with van der Waals surface area (Å²) in [5.41, 5.74) is 0. The summed E-state index contributed by atoms with van der Waals surface area (Å²) < 4.78 is 33.4. The van der Waals surface area contributed by atoms with E-state index in [-0.39, 0.29) is 19.6 Å². The van der Waals surface area contributed by atoms with E-state index in [0.717, 1.165) is 70.6 Å². The zero-order chi connectivity index (χ0) is 40.3. The summed E-state index contributed by atoms with van der Waals surface area (Å²) in [7, 11) is -4.52. The summed E-state index contributed by atoms with van der Waals surface area (Å²) in [6.45, 7) is 3.43. The molecule has 0 bridgehead atoms. The van der Waals surface area contributed by atoms with E-state index in [1.54, 1.807) is 0 Å². The fourth-order valence-electron chi connectivity index (χ4n) is 5.81. The number of phosphoric ester groups is 1. The van der Waals surface area contributed by atoms with Gasteiger partial charge >= 0.3 is 13.8 Å². The molecule has 0 aromatic heterocycles. The van der Waals surface area contributed by atoms with Crippen LogP contribution in [0, 0.1) is 0 Å². The molecule has 0 heterocycles. The third kappa shape index (κ3) is 41.9. The Kier molecular flexibility index (Phi) is 40.8. The van der Waals surface area contributed by atoms with Gasteiger partial charge in [0, 0.05) is 13.0 Å². The number of esters is 1. The van der Waals surface area contributed by atoms with Gasteiger partial charge < -0.3 is 24.6 Å². The van der Waals surface area contributed by atoms with Crippen molar-refractivity contribution in [1.82, 2.24) is 0 Å². The van der Waals surface area contributed by atoms with Crippen LogP contribution in [0.1, 0.15) is 187 Å². The lowest BCUT2D eigenvalue weighted by molar-refractivity contribution is -0.154. The largest absolute Gasteiger partial charge is 0.472 e. The van der Waals surface area contributed by atoms with Crippen LogP contribution in [-0.2, 0) is 27.9 Å². The summed E-state index contributed by atoms with van der Waals surface area (Å²) in [4.78, 5) is 22.6. The topological polar surface area (TPSA) is 132 Å². The first-order valence-electron chi connectivity index (χ1n) is 22.1. The van der Waals surface area contributed by atoms with Crippen molar-refractivity contribution in [2.75, 3.05) is 33.0 Å². The first-order chi connectivity index (χ1) is 26.8. The molecule has 0 radical (unpaired) electrons. The highest BCUT2D eigenvalue weighted by Crippen LogP contribution is 2.43. The molecule has 0 aromatic carbocycles. The van der Waals surface area contributed by atoms with Gasteiger partial charge in [-0.3, -0.25) is 13.8 Å². The van der Waals surface area contributed by atoms with Crippen LogP contribution in [-0.4, -0.2) is 66.3 Å². The Labute approximate surface area is 337 Å². The number of ether oxygens (including phenoxy) is 2. The number of unbranched alkanes of at least 4 members (excludes halogenated alkanes) is 20. The van der Waals surface area contributed by atoms with Gasteiger partial charge in [-0.2, -0.15) is 0 Å². The average molecular weight is 799 g/mol. The van der Waals surface area contributed by atoms with Gasteiger partial charge in [-0.15, -0.1) is 0 Å².